The summed E-state index contributed by atoms with van der Waals surface area (Å²) in [6, 6.07) is 10.5. The van der Waals surface area contributed by atoms with Crippen LogP contribution in [-0.2, 0) is 30.3 Å². The molecule has 208 valence electrons. The molecule has 1 aliphatic rings. The molecule has 1 aliphatic heterocycles. The maximum absolute atomic E-state index is 12.8. The Hall–Kier alpha value is -4.28. The third-order valence-corrected chi connectivity index (χ3v) is 5.80. The number of carbonyl (C=O) groups is 3. The van der Waals surface area contributed by atoms with E-state index < -0.39 is 23.8 Å². The first kappa shape index (κ1) is 29.3. The Morgan fingerprint density at radius 1 is 1.15 bits per heavy atom. The van der Waals surface area contributed by atoms with Gasteiger partial charge in [-0.3, -0.25) is 14.6 Å². The van der Waals surface area contributed by atoms with Crippen molar-refractivity contribution in [3.8, 4) is 0 Å². The molecule has 3 rings (SSSR count). The van der Waals surface area contributed by atoms with Crippen molar-refractivity contribution >= 4 is 29.5 Å². The molecule has 11 heteroatoms. The number of carbonyl (C=O) groups excluding carboxylic acids is 3. The molecule has 0 radical (unpaired) electrons. The number of nitrogens with two attached hydrogens (primary N) is 1. The number of nitrogens with one attached hydrogen (secondary N) is 1. The minimum atomic E-state index is -0.759. The second kappa shape index (κ2) is 13.5. The summed E-state index contributed by atoms with van der Waals surface area (Å²) >= 11 is 0. The van der Waals surface area contributed by atoms with Crippen LogP contribution in [-0.4, -0.2) is 59.4 Å². The van der Waals surface area contributed by atoms with Crippen LogP contribution in [0.15, 0.2) is 58.9 Å². The van der Waals surface area contributed by atoms with Gasteiger partial charge in [0.1, 0.15) is 17.5 Å². The van der Waals surface area contributed by atoms with Gasteiger partial charge in [-0.2, -0.15) is 4.99 Å². The van der Waals surface area contributed by atoms with Crippen molar-refractivity contribution in [1.82, 2.24) is 10.3 Å². The van der Waals surface area contributed by atoms with Crippen molar-refractivity contribution in [3.05, 3.63) is 65.5 Å². The highest BCUT2D eigenvalue weighted by molar-refractivity contribution is 6.05. The molecule has 2 heterocycles. The van der Waals surface area contributed by atoms with Gasteiger partial charge in [-0.1, -0.05) is 29.4 Å². The SMILES string of the molecule is COC(=O)C[C@@H](CCc1ccncc1)NC(=O)CC1CC(c2ccc(/C(N)=N\C(=O)OC(C)(C)C)cc2)=NO1. The molecule has 0 saturated carbocycles. The molecule has 2 atom stereocenters. The number of methoxy groups -OCH3 is 1. The van der Waals surface area contributed by atoms with Crippen LogP contribution in [0, 0.1) is 0 Å². The lowest BCUT2D eigenvalue weighted by molar-refractivity contribution is -0.141. The highest BCUT2D eigenvalue weighted by Gasteiger charge is 2.26. The van der Waals surface area contributed by atoms with Gasteiger partial charge in [-0.05, 0) is 56.9 Å². The van der Waals surface area contributed by atoms with E-state index in [0.717, 1.165) is 11.1 Å². The summed E-state index contributed by atoms with van der Waals surface area (Å²) in [6.07, 6.45) is 4.08. The number of oxime groups is 1. The quantitative estimate of drug-likeness (QED) is 0.266. The zero-order valence-corrected chi connectivity index (χ0v) is 22.7. The number of hydrogen-bond acceptors (Lipinski definition) is 8. The normalized spacial score (nSPS) is 16.1. The summed E-state index contributed by atoms with van der Waals surface area (Å²) in [5.41, 5.74) is 8.39. The van der Waals surface area contributed by atoms with Crippen LogP contribution in [0.3, 0.4) is 0 Å². The monoisotopic (exact) mass is 537 g/mol. The molecule has 39 heavy (non-hydrogen) atoms. The van der Waals surface area contributed by atoms with Gasteiger partial charge in [0.2, 0.25) is 5.91 Å². The van der Waals surface area contributed by atoms with Gasteiger partial charge in [0.15, 0.2) is 0 Å². The van der Waals surface area contributed by atoms with Gasteiger partial charge in [0.25, 0.3) is 0 Å². The third kappa shape index (κ3) is 9.84. The smallest absolute Gasteiger partial charge is 0.436 e. The Kier molecular flexibility index (Phi) is 10.1. The van der Waals surface area contributed by atoms with Crippen molar-refractivity contribution in [2.75, 3.05) is 7.11 Å². The van der Waals surface area contributed by atoms with E-state index in [1.165, 1.54) is 7.11 Å². The number of aromatic nitrogens is 1. The molecule has 0 fully saturated rings. The number of ether oxygens (including phenoxy) is 2. The molecule has 0 spiro atoms. The van der Waals surface area contributed by atoms with Crippen LogP contribution in [0.4, 0.5) is 4.79 Å². The zero-order valence-electron chi connectivity index (χ0n) is 22.7. The predicted octanol–water partition coefficient (Wildman–Crippen LogP) is 3.29. The highest BCUT2D eigenvalue weighted by atomic mass is 16.6. The van der Waals surface area contributed by atoms with Gasteiger partial charge < -0.3 is 25.4 Å². The Labute approximate surface area is 227 Å². The topological polar surface area (TPSA) is 155 Å². The summed E-state index contributed by atoms with van der Waals surface area (Å²) < 4.78 is 9.95. The average molecular weight is 538 g/mol. The Bertz CT molecular complexity index is 1210. The largest absolute Gasteiger partial charge is 0.469 e. The average Bonchev–Trinajstić information content (AvgIpc) is 3.35. The molecule has 0 saturated heterocycles. The third-order valence-electron chi connectivity index (χ3n) is 5.80. The number of benzene rings is 1. The van der Waals surface area contributed by atoms with E-state index in [1.807, 2.05) is 12.1 Å². The Morgan fingerprint density at radius 3 is 2.49 bits per heavy atom. The van der Waals surface area contributed by atoms with Gasteiger partial charge in [0.05, 0.1) is 25.7 Å². The summed E-state index contributed by atoms with van der Waals surface area (Å²) in [4.78, 5) is 49.8. The fourth-order valence-corrected chi connectivity index (χ4v) is 3.88. The maximum atomic E-state index is 12.8. The van der Waals surface area contributed by atoms with Crippen molar-refractivity contribution in [3.63, 3.8) is 0 Å². The van der Waals surface area contributed by atoms with Crippen LogP contribution >= 0.6 is 0 Å². The first-order valence-corrected chi connectivity index (χ1v) is 12.7. The first-order chi connectivity index (χ1) is 18.5. The van der Waals surface area contributed by atoms with E-state index in [1.54, 1.807) is 57.4 Å². The van der Waals surface area contributed by atoms with E-state index in [4.69, 9.17) is 20.0 Å². The van der Waals surface area contributed by atoms with E-state index in [2.05, 4.69) is 20.4 Å². The number of nitrogens with zero attached hydrogens (tertiary/aromatic N) is 3. The fourth-order valence-electron chi connectivity index (χ4n) is 3.88. The lowest BCUT2D eigenvalue weighted by atomic mass is 10.0. The van der Waals surface area contributed by atoms with Gasteiger partial charge in [-0.15, -0.1) is 0 Å². The summed E-state index contributed by atoms with van der Waals surface area (Å²) in [6.45, 7) is 5.24. The van der Waals surface area contributed by atoms with E-state index in [0.29, 0.717) is 30.5 Å². The number of esters is 1. The molecule has 0 bridgehead atoms. The molecule has 1 unspecified atom stereocenters. The first-order valence-electron chi connectivity index (χ1n) is 12.7. The maximum Gasteiger partial charge on any atom is 0.436 e. The molecular weight excluding hydrogens is 502 g/mol. The Balaban J connectivity index is 1.52. The second-order valence-electron chi connectivity index (χ2n) is 10.2. The molecule has 1 aromatic carbocycles. The number of hydrogen-bond donors (Lipinski definition) is 2. The molecular formula is C28H35N5O6. The van der Waals surface area contributed by atoms with Crippen LogP contribution in [0.25, 0.3) is 0 Å². The minimum Gasteiger partial charge on any atom is -0.469 e. The minimum absolute atomic E-state index is 0.0420. The van der Waals surface area contributed by atoms with Gasteiger partial charge in [-0.25, -0.2) is 4.79 Å². The standard InChI is InChI=1S/C28H35N5O6/c1-28(2,3)38-27(36)32-26(29)20-8-6-19(7-9-20)23-16-22(39-33-23)17-24(34)31-21(15-25(35)37-4)10-5-18-11-13-30-14-12-18/h6-9,11-14,21-22H,5,10,15-17H2,1-4H3,(H,31,34)(H2,29,32,36)/t21-,22?/m1/s1. The van der Waals surface area contributed by atoms with Crippen LogP contribution in [0.2, 0.25) is 0 Å². The number of amides is 2. The number of pyridine rings is 1. The van der Waals surface area contributed by atoms with E-state index in [9.17, 15) is 14.4 Å². The number of aliphatic imine (C=N–C) groups is 1. The van der Waals surface area contributed by atoms with Crippen LogP contribution in [0.5, 0.6) is 0 Å². The van der Waals surface area contributed by atoms with Crippen molar-refractivity contribution in [1.29, 1.82) is 0 Å². The van der Waals surface area contributed by atoms with Crippen molar-refractivity contribution < 1.29 is 28.7 Å². The van der Waals surface area contributed by atoms with Crippen LogP contribution in [0.1, 0.15) is 63.1 Å². The van der Waals surface area contributed by atoms with Gasteiger partial charge >= 0.3 is 12.1 Å². The summed E-state index contributed by atoms with van der Waals surface area (Å²) in [7, 11) is 1.32. The second-order valence-corrected chi connectivity index (χ2v) is 10.2. The van der Waals surface area contributed by atoms with Gasteiger partial charge in [0, 0.05) is 30.4 Å². The molecule has 3 N–H and O–H groups in total. The molecule has 1 aromatic heterocycles. The van der Waals surface area contributed by atoms with E-state index in [-0.39, 0.29) is 30.6 Å². The summed E-state index contributed by atoms with van der Waals surface area (Å²) in [5, 5.41) is 7.07. The zero-order chi connectivity index (χ0) is 28.4. The molecule has 2 aromatic rings. The highest BCUT2D eigenvalue weighted by Crippen LogP contribution is 2.20. The number of rotatable bonds is 10. The lowest BCUT2D eigenvalue weighted by Crippen LogP contribution is -2.38. The number of aryl methyl sites for hydroxylation is 1. The molecule has 0 aliphatic carbocycles. The van der Waals surface area contributed by atoms with Crippen molar-refractivity contribution in [2.24, 2.45) is 15.9 Å². The Morgan fingerprint density at radius 2 is 1.85 bits per heavy atom. The fraction of sp³-hybridized carbons (Fsp3) is 0.429. The van der Waals surface area contributed by atoms with Crippen molar-refractivity contribution in [2.45, 2.75) is 70.6 Å². The van der Waals surface area contributed by atoms with E-state index >= 15 is 0 Å². The summed E-state index contributed by atoms with van der Waals surface area (Å²) in [5.74, 6) is -0.583. The lowest BCUT2D eigenvalue weighted by Gasteiger charge is -2.18. The number of amidine groups is 1. The molecule has 11 nitrogen and oxygen atoms in total. The predicted molar refractivity (Wildman–Crippen MR) is 145 cm³/mol. The molecule has 2 amide bonds. The van der Waals surface area contributed by atoms with Crippen LogP contribution < -0.4 is 11.1 Å².